The number of rotatable bonds is 12. The Labute approximate surface area is 235 Å². The number of hydrogen-bond acceptors (Lipinski definition) is 4. The van der Waals surface area contributed by atoms with Crippen molar-refractivity contribution in [1.82, 2.24) is 5.32 Å². The lowest BCUT2D eigenvalue weighted by atomic mass is 10.1. The van der Waals surface area contributed by atoms with Crippen molar-refractivity contribution >= 4 is 5.91 Å². The monoisotopic (exact) mass is 529 g/mol. The van der Waals surface area contributed by atoms with Crippen molar-refractivity contribution in [2.75, 3.05) is 0 Å². The summed E-state index contributed by atoms with van der Waals surface area (Å²) in [6, 6.07) is 42.9. The first-order valence-corrected chi connectivity index (χ1v) is 13.2. The zero-order valence-corrected chi connectivity index (χ0v) is 22.2. The first-order chi connectivity index (χ1) is 19.7. The van der Waals surface area contributed by atoms with Crippen LogP contribution >= 0.6 is 0 Å². The molecule has 200 valence electrons. The summed E-state index contributed by atoms with van der Waals surface area (Å²) >= 11 is 0. The van der Waals surface area contributed by atoms with Gasteiger partial charge in [0.25, 0.3) is 5.91 Å². The summed E-state index contributed by atoms with van der Waals surface area (Å²) < 4.78 is 17.7. The van der Waals surface area contributed by atoms with Gasteiger partial charge in [-0.1, -0.05) is 84.9 Å². The van der Waals surface area contributed by atoms with Crippen LogP contribution in [-0.4, -0.2) is 5.91 Å². The van der Waals surface area contributed by atoms with E-state index >= 15 is 0 Å². The maximum atomic E-state index is 12.6. The van der Waals surface area contributed by atoms with Crippen LogP contribution in [-0.2, 0) is 26.4 Å². The molecule has 0 saturated heterocycles. The molecule has 5 rings (SSSR count). The van der Waals surface area contributed by atoms with E-state index in [1.165, 1.54) is 0 Å². The van der Waals surface area contributed by atoms with Gasteiger partial charge in [-0.2, -0.15) is 0 Å². The highest BCUT2D eigenvalue weighted by Crippen LogP contribution is 2.19. The van der Waals surface area contributed by atoms with Crippen LogP contribution in [0, 0.1) is 0 Å². The minimum Gasteiger partial charge on any atom is -0.489 e. The smallest absolute Gasteiger partial charge is 0.251 e. The van der Waals surface area contributed by atoms with Gasteiger partial charge in [0.2, 0.25) is 0 Å². The Morgan fingerprint density at radius 1 is 0.475 bits per heavy atom. The standard InChI is InChI=1S/C35H31NO4/c37-35(36-23-27-14-18-32(19-15-27)38-24-28-8-3-1-4-9-28)31-16-20-33(21-17-31)39-26-30-12-7-13-34(22-30)40-25-29-10-5-2-6-11-29/h1-22H,23-26H2,(H,36,37). The molecule has 0 bridgehead atoms. The number of carbonyl (C=O) groups is 1. The summed E-state index contributed by atoms with van der Waals surface area (Å²) in [6.45, 7) is 1.87. The van der Waals surface area contributed by atoms with Crippen molar-refractivity contribution < 1.29 is 19.0 Å². The van der Waals surface area contributed by atoms with Crippen LogP contribution in [0.3, 0.4) is 0 Å². The van der Waals surface area contributed by atoms with Crippen LogP contribution in [0.15, 0.2) is 133 Å². The largest absolute Gasteiger partial charge is 0.489 e. The molecule has 40 heavy (non-hydrogen) atoms. The highest BCUT2D eigenvalue weighted by Gasteiger charge is 2.07. The van der Waals surface area contributed by atoms with Crippen molar-refractivity contribution in [3.63, 3.8) is 0 Å². The molecule has 5 aromatic carbocycles. The molecular formula is C35H31NO4. The fourth-order valence-electron chi connectivity index (χ4n) is 4.06. The Bertz CT molecular complexity index is 1480. The summed E-state index contributed by atoms with van der Waals surface area (Å²) in [5.41, 5.74) is 4.81. The molecule has 5 aromatic rings. The van der Waals surface area contributed by atoms with Gasteiger partial charge in [-0.25, -0.2) is 0 Å². The van der Waals surface area contributed by atoms with Crippen molar-refractivity contribution in [2.24, 2.45) is 0 Å². The molecule has 0 aliphatic rings. The Balaban J connectivity index is 1.06. The number of ether oxygens (including phenoxy) is 3. The minimum absolute atomic E-state index is 0.140. The van der Waals surface area contributed by atoms with Gasteiger partial charge in [0.15, 0.2) is 0 Å². The zero-order valence-electron chi connectivity index (χ0n) is 22.2. The Morgan fingerprint density at radius 2 is 0.975 bits per heavy atom. The highest BCUT2D eigenvalue weighted by atomic mass is 16.5. The van der Waals surface area contributed by atoms with Crippen molar-refractivity contribution in [3.8, 4) is 17.2 Å². The van der Waals surface area contributed by atoms with Gasteiger partial charge in [0, 0.05) is 12.1 Å². The number of amides is 1. The van der Waals surface area contributed by atoms with Crippen LogP contribution in [0.25, 0.3) is 0 Å². The second kappa shape index (κ2) is 13.7. The molecule has 5 nitrogen and oxygen atoms in total. The van der Waals surface area contributed by atoms with Crippen LogP contribution in [0.4, 0.5) is 0 Å². The van der Waals surface area contributed by atoms with Gasteiger partial charge in [-0.3, -0.25) is 4.79 Å². The molecule has 5 heteroatoms. The number of nitrogens with one attached hydrogen (secondary N) is 1. The molecule has 0 aromatic heterocycles. The molecule has 0 fully saturated rings. The third kappa shape index (κ3) is 7.98. The third-order valence-electron chi connectivity index (χ3n) is 6.29. The van der Waals surface area contributed by atoms with Gasteiger partial charge < -0.3 is 19.5 Å². The fraction of sp³-hybridized carbons (Fsp3) is 0.114. The molecule has 0 atom stereocenters. The number of hydrogen-bond donors (Lipinski definition) is 1. The lowest BCUT2D eigenvalue weighted by Gasteiger charge is -2.11. The predicted octanol–water partition coefficient (Wildman–Crippen LogP) is 7.35. The maximum Gasteiger partial charge on any atom is 0.251 e. The van der Waals surface area contributed by atoms with E-state index in [-0.39, 0.29) is 5.91 Å². The number of benzene rings is 5. The Kier molecular flexibility index (Phi) is 9.08. The van der Waals surface area contributed by atoms with E-state index in [0.717, 1.165) is 33.8 Å². The van der Waals surface area contributed by atoms with E-state index in [9.17, 15) is 4.79 Å². The highest BCUT2D eigenvalue weighted by molar-refractivity contribution is 5.94. The average Bonchev–Trinajstić information content (AvgIpc) is 3.02. The summed E-state index contributed by atoms with van der Waals surface area (Å²) in [6.07, 6.45) is 0. The van der Waals surface area contributed by atoms with Gasteiger partial charge in [0.1, 0.15) is 37.1 Å². The van der Waals surface area contributed by atoms with E-state index in [1.807, 2.05) is 121 Å². The van der Waals surface area contributed by atoms with E-state index in [2.05, 4.69) is 5.32 Å². The molecule has 0 heterocycles. The summed E-state index contributed by atoms with van der Waals surface area (Å²) in [7, 11) is 0. The fourth-order valence-corrected chi connectivity index (χ4v) is 4.06. The summed E-state index contributed by atoms with van der Waals surface area (Å²) in [5.74, 6) is 2.14. The van der Waals surface area contributed by atoms with Crippen LogP contribution in [0.1, 0.15) is 32.6 Å². The molecule has 0 unspecified atom stereocenters. The molecule has 1 N–H and O–H groups in total. The SMILES string of the molecule is O=C(NCc1ccc(OCc2ccccc2)cc1)c1ccc(OCc2cccc(OCc3ccccc3)c2)cc1. The number of carbonyl (C=O) groups excluding carboxylic acids is 1. The van der Waals surface area contributed by atoms with E-state index in [4.69, 9.17) is 14.2 Å². The van der Waals surface area contributed by atoms with Crippen molar-refractivity contribution in [2.45, 2.75) is 26.4 Å². The van der Waals surface area contributed by atoms with Gasteiger partial charge >= 0.3 is 0 Å². The molecule has 0 radical (unpaired) electrons. The van der Waals surface area contributed by atoms with Crippen molar-refractivity contribution in [3.05, 3.63) is 161 Å². The molecule has 0 spiro atoms. The van der Waals surface area contributed by atoms with Gasteiger partial charge in [-0.15, -0.1) is 0 Å². The van der Waals surface area contributed by atoms with E-state index in [1.54, 1.807) is 12.1 Å². The first-order valence-electron chi connectivity index (χ1n) is 13.2. The van der Waals surface area contributed by atoms with Crippen molar-refractivity contribution in [1.29, 1.82) is 0 Å². The summed E-state index contributed by atoms with van der Waals surface area (Å²) in [4.78, 5) is 12.6. The van der Waals surface area contributed by atoms with E-state index < -0.39 is 0 Å². The quantitative estimate of drug-likeness (QED) is 0.184. The summed E-state index contributed by atoms with van der Waals surface area (Å²) in [5, 5.41) is 2.97. The van der Waals surface area contributed by atoms with Gasteiger partial charge in [-0.05, 0) is 70.8 Å². The molecule has 0 aliphatic carbocycles. The lowest BCUT2D eigenvalue weighted by molar-refractivity contribution is 0.0951. The normalized spacial score (nSPS) is 10.5. The molecule has 0 aliphatic heterocycles. The second-order valence-electron chi connectivity index (χ2n) is 9.34. The maximum absolute atomic E-state index is 12.6. The van der Waals surface area contributed by atoms with Crippen LogP contribution in [0.2, 0.25) is 0 Å². The molecular weight excluding hydrogens is 498 g/mol. The van der Waals surface area contributed by atoms with Crippen LogP contribution in [0.5, 0.6) is 17.2 Å². The third-order valence-corrected chi connectivity index (χ3v) is 6.29. The topological polar surface area (TPSA) is 56.8 Å². The average molecular weight is 530 g/mol. The zero-order chi connectivity index (χ0) is 27.4. The van der Waals surface area contributed by atoms with E-state index in [0.29, 0.717) is 37.7 Å². The predicted molar refractivity (Wildman–Crippen MR) is 156 cm³/mol. The Hall–Kier alpha value is -5.03. The molecule has 1 amide bonds. The lowest BCUT2D eigenvalue weighted by Crippen LogP contribution is -2.22. The first kappa shape index (κ1) is 26.6. The Morgan fingerprint density at radius 3 is 1.57 bits per heavy atom. The minimum atomic E-state index is -0.140. The van der Waals surface area contributed by atoms with Crippen LogP contribution < -0.4 is 19.5 Å². The molecule has 0 saturated carbocycles. The van der Waals surface area contributed by atoms with Gasteiger partial charge in [0.05, 0.1) is 0 Å². The second-order valence-corrected chi connectivity index (χ2v) is 9.34.